The van der Waals surface area contributed by atoms with E-state index in [-0.39, 0.29) is 24.7 Å². The van der Waals surface area contributed by atoms with E-state index >= 15 is 0 Å². The first kappa shape index (κ1) is 25.3. The van der Waals surface area contributed by atoms with E-state index in [1.54, 1.807) is 55.6 Å². The fraction of sp³-hybridized carbons (Fsp3) is 0.207. The smallest absolute Gasteiger partial charge is 0.291 e. The van der Waals surface area contributed by atoms with Gasteiger partial charge in [0.15, 0.2) is 5.78 Å². The third-order valence-corrected chi connectivity index (χ3v) is 5.59. The van der Waals surface area contributed by atoms with Crippen molar-refractivity contribution in [3.63, 3.8) is 0 Å². The molecule has 0 heterocycles. The molecule has 0 spiro atoms. The van der Waals surface area contributed by atoms with Gasteiger partial charge < -0.3 is 14.8 Å². The lowest BCUT2D eigenvalue weighted by Crippen LogP contribution is -2.23. The number of hydrogen-bond acceptors (Lipinski definition) is 5. The predicted octanol–water partition coefficient (Wildman–Crippen LogP) is 5.03. The highest BCUT2D eigenvalue weighted by atomic mass is 16.5. The van der Waals surface area contributed by atoms with Crippen molar-refractivity contribution in [2.45, 2.75) is 25.7 Å². The fourth-order valence-electron chi connectivity index (χ4n) is 3.46. The van der Waals surface area contributed by atoms with Crippen molar-refractivity contribution in [1.82, 2.24) is 0 Å². The van der Waals surface area contributed by atoms with E-state index in [2.05, 4.69) is 11.2 Å². The highest BCUT2D eigenvalue weighted by molar-refractivity contribution is 6.40. The topological polar surface area (TPSA) is 81.7 Å². The molecular formula is C29H27NO5. The summed E-state index contributed by atoms with van der Waals surface area (Å²) in [5.41, 5.74) is 2.48. The molecule has 0 saturated heterocycles. The largest absolute Gasteiger partial charge is 0.497 e. The summed E-state index contributed by atoms with van der Waals surface area (Å²) in [7, 11) is 1.61. The highest BCUT2D eigenvalue weighted by Crippen LogP contribution is 2.23. The minimum absolute atomic E-state index is 0.126. The quantitative estimate of drug-likeness (QED) is 0.242. The number of anilines is 1. The lowest BCUT2D eigenvalue weighted by atomic mass is 9.95. The minimum atomic E-state index is -0.673. The first-order valence-electron chi connectivity index (χ1n) is 11.2. The summed E-state index contributed by atoms with van der Waals surface area (Å²) < 4.78 is 10.5. The molecule has 0 saturated carbocycles. The van der Waals surface area contributed by atoms with Crippen LogP contribution in [0.2, 0.25) is 0 Å². The van der Waals surface area contributed by atoms with Gasteiger partial charge in [0.1, 0.15) is 18.1 Å². The summed E-state index contributed by atoms with van der Waals surface area (Å²) in [4.78, 5) is 37.3. The van der Waals surface area contributed by atoms with Gasteiger partial charge in [0.2, 0.25) is 5.78 Å². The molecule has 6 heteroatoms. The van der Waals surface area contributed by atoms with Crippen LogP contribution >= 0.6 is 0 Å². The number of nitrogens with one attached hydrogen (secondary N) is 1. The lowest BCUT2D eigenvalue weighted by Gasteiger charge is -2.12. The standard InChI is InChI=1S/C29H27NO5/c1-4-19-35-26-16-10-23(11-17-26)28(32)22-6-12-24(13-7-22)30-29(33)27(31)18-5-20(2)21-8-14-25(34-3)15-9-21/h1,6-17,20H,5,18-19H2,2-3H3,(H,30,33). The molecule has 0 bridgehead atoms. The normalized spacial score (nSPS) is 11.1. The average Bonchev–Trinajstić information content (AvgIpc) is 2.90. The Balaban J connectivity index is 1.51. The van der Waals surface area contributed by atoms with Crippen LogP contribution in [0.5, 0.6) is 11.5 Å². The molecule has 0 aliphatic heterocycles. The van der Waals surface area contributed by atoms with Gasteiger partial charge in [-0.1, -0.05) is 25.0 Å². The summed E-state index contributed by atoms with van der Waals surface area (Å²) >= 11 is 0. The van der Waals surface area contributed by atoms with Crippen LogP contribution in [0, 0.1) is 12.3 Å². The number of methoxy groups -OCH3 is 1. The molecule has 1 amide bonds. The maximum atomic E-state index is 12.7. The fourth-order valence-corrected chi connectivity index (χ4v) is 3.46. The van der Waals surface area contributed by atoms with Gasteiger partial charge in [-0.3, -0.25) is 14.4 Å². The van der Waals surface area contributed by atoms with Crippen LogP contribution in [-0.2, 0) is 9.59 Å². The van der Waals surface area contributed by atoms with Crippen LogP contribution < -0.4 is 14.8 Å². The summed E-state index contributed by atoms with van der Waals surface area (Å²) in [6, 6.07) is 20.8. The predicted molar refractivity (Wildman–Crippen MR) is 135 cm³/mol. The Morgan fingerprint density at radius 1 is 0.886 bits per heavy atom. The van der Waals surface area contributed by atoms with Gasteiger partial charge in [-0.25, -0.2) is 0 Å². The van der Waals surface area contributed by atoms with Crippen LogP contribution in [0.3, 0.4) is 0 Å². The number of ketones is 2. The van der Waals surface area contributed by atoms with Crippen LogP contribution in [0.4, 0.5) is 5.69 Å². The summed E-state index contributed by atoms with van der Waals surface area (Å²) in [5, 5.41) is 2.60. The molecule has 1 unspecified atom stereocenters. The van der Waals surface area contributed by atoms with Gasteiger partial charge in [0.25, 0.3) is 5.91 Å². The number of terminal acetylenes is 1. The molecule has 35 heavy (non-hydrogen) atoms. The van der Waals surface area contributed by atoms with Crippen molar-refractivity contribution in [3.8, 4) is 23.8 Å². The number of hydrogen-bond donors (Lipinski definition) is 1. The van der Waals surface area contributed by atoms with E-state index in [0.29, 0.717) is 29.0 Å². The van der Waals surface area contributed by atoms with E-state index in [0.717, 1.165) is 11.3 Å². The van der Waals surface area contributed by atoms with Crippen LogP contribution in [-0.4, -0.2) is 31.2 Å². The second-order valence-electron chi connectivity index (χ2n) is 8.01. The van der Waals surface area contributed by atoms with Gasteiger partial charge >= 0.3 is 0 Å². The number of ether oxygens (including phenoxy) is 2. The molecule has 0 fully saturated rings. The molecule has 1 N–H and O–H groups in total. The number of carbonyl (C=O) groups is 3. The summed E-state index contributed by atoms with van der Waals surface area (Å²) in [6.07, 6.45) is 5.86. The first-order chi connectivity index (χ1) is 16.9. The van der Waals surface area contributed by atoms with Crippen LogP contribution in [0.15, 0.2) is 72.8 Å². The molecule has 0 aromatic heterocycles. The first-order valence-corrected chi connectivity index (χ1v) is 11.2. The Labute approximate surface area is 205 Å². The van der Waals surface area contributed by atoms with Gasteiger partial charge in [-0.15, -0.1) is 6.42 Å². The van der Waals surface area contributed by atoms with Crippen molar-refractivity contribution >= 4 is 23.2 Å². The number of rotatable bonds is 11. The number of amides is 1. The van der Waals surface area contributed by atoms with Gasteiger partial charge in [0, 0.05) is 23.2 Å². The molecule has 3 aromatic rings. The van der Waals surface area contributed by atoms with Crippen molar-refractivity contribution < 1.29 is 23.9 Å². The Morgan fingerprint density at radius 3 is 2.03 bits per heavy atom. The third-order valence-electron chi connectivity index (χ3n) is 5.59. The van der Waals surface area contributed by atoms with Crippen LogP contribution in [0.1, 0.15) is 47.2 Å². The number of carbonyl (C=O) groups excluding carboxylic acids is 3. The second-order valence-corrected chi connectivity index (χ2v) is 8.01. The van der Waals surface area contributed by atoms with Crippen molar-refractivity contribution in [2.75, 3.05) is 19.0 Å². The third kappa shape index (κ3) is 7.05. The molecule has 1 atom stereocenters. The zero-order valence-corrected chi connectivity index (χ0v) is 19.7. The molecule has 0 aliphatic rings. The van der Waals surface area contributed by atoms with E-state index in [9.17, 15) is 14.4 Å². The van der Waals surface area contributed by atoms with Gasteiger partial charge in [-0.2, -0.15) is 0 Å². The molecule has 3 aromatic carbocycles. The molecule has 6 nitrogen and oxygen atoms in total. The summed E-state index contributed by atoms with van der Waals surface area (Å²) in [5.74, 6) is 2.53. The van der Waals surface area contributed by atoms with Crippen molar-refractivity contribution in [2.24, 2.45) is 0 Å². The number of benzene rings is 3. The Morgan fingerprint density at radius 2 is 1.46 bits per heavy atom. The van der Waals surface area contributed by atoms with E-state index in [1.165, 1.54) is 0 Å². The van der Waals surface area contributed by atoms with Gasteiger partial charge in [-0.05, 0) is 78.6 Å². The molecule has 0 radical (unpaired) electrons. The minimum Gasteiger partial charge on any atom is -0.497 e. The molecular weight excluding hydrogens is 442 g/mol. The van der Waals surface area contributed by atoms with E-state index in [1.807, 2.05) is 31.2 Å². The van der Waals surface area contributed by atoms with E-state index in [4.69, 9.17) is 15.9 Å². The monoisotopic (exact) mass is 469 g/mol. The molecule has 3 rings (SSSR count). The highest BCUT2D eigenvalue weighted by Gasteiger charge is 2.17. The second kappa shape index (κ2) is 12.2. The summed E-state index contributed by atoms with van der Waals surface area (Å²) in [6.45, 7) is 2.17. The van der Waals surface area contributed by atoms with Crippen molar-refractivity contribution in [3.05, 3.63) is 89.5 Å². The van der Waals surface area contributed by atoms with E-state index < -0.39 is 11.7 Å². The Kier molecular flexibility index (Phi) is 8.80. The van der Waals surface area contributed by atoms with Crippen molar-refractivity contribution in [1.29, 1.82) is 0 Å². The molecule has 178 valence electrons. The molecule has 0 aliphatic carbocycles. The zero-order valence-electron chi connectivity index (χ0n) is 19.7. The lowest BCUT2D eigenvalue weighted by molar-refractivity contribution is -0.134. The zero-order chi connectivity index (χ0) is 25.2. The maximum Gasteiger partial charge on any atom is 0.291 e. The Bertz CT molecular complexity index is 1210. The van der Waals surface area contributed by atoms with Crippen LogP contribution in [0.25, 0.3) is 0 Å². The maximum absolute atomic E-state index is 12.7. The average molecular weight is 470 g/mol. The Hall–Kier alpha value is -4.37. The number of Topliss-reactive ketones (excluding diaryl/α,β-unsaturated/α-hetero) is 1. The van der Waals surface area contributed by atoms with Gasteiger partial charge in [0.05, 0.1) is 7.11 Å². The SMILES string of the molecule is C#CCOc1ccc(C(=O)c2ccc(NC(=O)C(=O)CCC(C)c3ccc(OC)cc3)cc2)cc1.